The van der Waals surface area contributed by atoms with Crippen molar-refractivity contribution in [3.63, 3.8) is 0 Å². The number of phenols is 1. The Morgan fingerprint density at radius 1 is 1.29 bits per heavy atom. The van der Waals surface area contributed by atoms with E-state index >= 15 is 0 Å². The number of nitrogens with one attached hydrogen (secondary N) is 1. The highest BCUT2D eigenvalue weighted by molar-refractivity contribution is 5.93. The Balaban J connectivity index is 2.14. The molecular formula is C17H20N2O2. The maximum Gasteiger partial charge on any atom is 0.228 e. The molecule has 0 saturated carbocycles. The maximum absolute atomic E-state index is 12.0. The van der Waals surface area contributed by atoms with Crippen molar-refractivity contribution < 1.29 is 9.90 Å². The molecule has 2 N–H and O–H groups in total. The highest BCUT2D eigenvalue weighted by atomic mass is 16.3. The fourth-order valence-corrected chi connectivity index (χ4v) is 1.99. The number of hydrogen-bond acceptors (Lipinski definition) is 3. The second kappa shape index (κ2) is 5.95. The molecule has 0 saturated heterocycles. The largest absolute Gasteiger partial charge is 0.506 e. The molecular weight excluding hydrogens is 264 g/mol. The van der Waals surface area contributed by atoms with Crippen LogP contribution < -0.4 is 5.32 Å². The summed E-state index contributed by atoms with van der Waals surface area (Å²) in [6.07, 6.45) is 3.55. The van der Waals surface area contributed by atoms with Crippen LogP contribution in [0.2, 0.25) is 0 Å². The molecule has 2 aromatic rings. The lowest BCUT2D eigenvalue weighted by molar-refractivity contribution is -0.115. The first kappa shape index (κ1) is 15.0. The van der Waals surface area contributed by atoms with Gasteiger partial charge in [-0.25, -0.2) is 0 Å². The van der Waals surface area contributed by atoms with Crippen LogP contribution in [0, 0.1) is 0 Å². The van der Waals surface area contributed by atoms with Crippen molar-refractivity contribution >= 4 is 11.6 Å². The van der Waals surface area contributed by atoms with Crippen LogP contribution in [0.15, 0.2) is 42.7 Å². The van der Waals surface area contributed by atoms with Crippen LogP contribution in [-0.4, -0.2) is 16.0 Å². The number of amides is 1. The third-order valence-corrected chi connectivity index (χ3v) is 3.22. The zero-order chi connectivity index (χ0) is 15.5. The van der Waals surface area contributed by atoms with Crippen LogP contribution in [0.5, 0.6) is 5.75 Å². The van der Waals surface area contributed by atoms with E-state index < -0.39 is 0 Å². The standard InChI is InChI=1S/C17H20N2O2/c1-17(2,3)13-6-7-15(20)14(10-13)19-16(21)9-12-5-4-8-18-11-12/h4-8,10-11,20H,9H2,1-3H3,(H,19,21). The number of rotatable bonds is 3. The highest BCUT2D eigenvalue weighted by Crippen LogP contribution is 2.30. The fourth-order valence-electron chi connectivity index (χ4n) is 1.99. The Morgan fingerprint density at radius 3 is 2.67 bits per heavy atom. The quantitative estimate of drug-likeness (QED) is 0.850. The van der Waals surface area contributed by atoms with Crippen molar-refractivity contribution in [2.45, 2.75) is 32.6 Å². The van der Waals surface area contributed by atoms with Crippen LogP contribution in [-0.2, 0) is 16.6 Å². The minimum Gasteiger partial charge on any atom is -0.506 e. The molecule has 1 aromatic heterocycles. The number of pyridine rings is 1. The monoisotopic (exact) mass is 284 g/mol. The van der Waals surface area contributed by atoms with Gasteiger partial charge < -0.3 is 10.4 Å². The number of aromatic nitrogens is 1. The minimum absolute atomic E-state index is 0.0451. The van der Waals surface area contributed by atoms with E-state index in [1.807, 2.05) is 18.2 Å². The Labute approximate surface area is 124 Å². The average molecular weight is 284 g/mol. The minimum atomic E-state index is -0.177. The summed E-state index contributed by atoms with van der Waals surface area (Å²) in [6, 6.07) is 8.93. The van der Waals surface area contributed by atoms with Crippen molar-refractivity contribution in [2.24, 2.45) is 0 Å². The highest BCUT2D eigenvalue weighted by Gasteiger charge is 2.16. The number of carbonyl (C=O) groups excluding carboxylic acids is 1. The lowest BCUT2D eigenvalue weighted by atomic mass is 9.87. The number of phenolic OH excluding ortho intramolecular Hbond substituents is 1. The van der Waals surface area contributed by atoms with Crippen molar-refractivity contribution in [2.75, 3.05) is 5.32 Å². The first-order valence-electron chi connectivity index (χ1n) is 6.88. The molecule has 0 bridgehead atoms. The van der Waals surface area contributed by atoms with Gasteiger partial charge in [0.1, 0.15) is 5.75 Å². The molecule has 0 aliphatic carbocycles. The normalized spacial score (nSPS) is 11.2. The molecule has 1 heterocycles. The molecule has 110 valence electrons. The van der Waals surface area contributed by atoms with E-state index in [0.717, 1.165) is 11.1 Å². The molecule has 0 fully saturated rings. The second-order valence-electron chi connectivity index (χ2n) is 6.07. The van der Waals surface area contributed by atoms with Gasteiger partial charge in [-0.15, -0.1) is 0 Å². The zero-order valence-electron chi connectivity index (χ0n) is 12.6. The van der Waals surface area contributed by atoms with Gasteiger partial charge in [-0.1, -0.05) is 32.9 Å². The lowest BCUT2D eigenvalue weighted by Crippen LogP contribution is -2.16. The van der Waals surface area contributed by atoms with E-state index in [-0.39, 0.29) is 23.5 Å². The third-order valence-electron chi connectivity index (χ3n) is 3.22. The Kier molecular flexibility index (Phi) is 4.26. The predicted octanol–water partition coefficient (Wildman–Crippen LogP) is 3.27. The number of carbonyl (C=O) groups is 1. The summed E-state index contributed by atoms with van der Waals surface area (Å²) in [5.74, 6) is -0.105. The Bertz CT molecular complexity index is 631. The summed E-state index contributed by atoms with van der Waals surface area (Å²) in [7, 11) is 0. The van der Waals surface area contributed by atoms with E-state index in [1.165, 1.54) is 0 Å². The van der Waals surface area contributed by atoms with Gasteiger partial charge in [0.05, 0.1) is 12.1 Å². The number of anilines is 1. The van der Waals surface area contributed by atoms with E-state index in [2.05, 4.69) is 31.1 Å². The molecule has 2 rings (SSSR count). The van der Waals surface area contributed by atoms with Crippen molar-refractivity contribution in [3.05, 3.63) is 53.9 Å². The van der Waals surface area contributed by atoms with Gasteiger partial charge in [0.2, 0.25) is 5.91 Å². The molecule has 0 unspecified atom stereocenters. The summed E-state index contributed by atoms with van der Waals surface area (Å²) >= 11 is 0. The van der Waals surface area contributed by atoms with Gasteiger partial charge in [-0.05, 0) is 34.7 Å². The van der Waals surface area contributed by atoms with Gasteiger partial charge >= 0.3 is 0 Å². The zero-order valence-corrected chi connectivity index (χ0v) is 12.6. The molecule has 0 atom stereocenters. The summed E-state index contributed by atoms with van der Waals surface area (Å²) in [4.78, 5) is 16.0. The first-order valence-corrected chi connectivity index (χ1v) is 6.88. The topological polar surface area (TPSA) is 62.2 Å². The molecule has 1 aromatic carbocycles. The van der Waals surface area contributed by atoms with E-state index in [0.29, 0.717) is 5.69 Å². The van der Waals surface area contributed by atoms with E-state index in [4.69, 9.17) is 0 Å². The third kappa shape index (κ3) is 4.05. The van der Waals surface area contributed by atoms with Gasteiger partial charge in [0.15, 0.2) is 0 Å². The summed E-state index contributed by atoms with van der Waals surface area (Å²) in [6.45, 7) is 6.25. The Morgan fingerprint density at radius 2 is 2.05 bits per heavy atom. The van der Waals surface area contributed by atoms with Crippen LogP contribution in [0.4, 0.5) is 5.69 Å². The van der Waals surface area contributed by atoms with Crippen molar-refractivity contribution in [3.8, 4) is 5.75 Å². The summed E-state index contributed by atoms with van der Waals surface area (Å²) in [5.41, 5.74) is 2.28. The average Bonchev–Trinajstić information content (AvgIpc) is 2.41. The molecule has 21 heavy (non-hydrogen) atoms. The molecule has 0 aliphatic heterocycles. The van der Waals surface area contributed by atoms with Crippen molar-refractivity contribution in [1.82, 2.24) is 4.98 Å². The van der Waals surface area contributed by atoms with Crippen LogP contribution in [0.25, 0.3) is 0 Å². The number of nitrogens with zero attached hydrogens (tertiary/aromatic N) is 1. The van der Waals surface area contributed by atoms with Gasteiger partial charge in [-0.3, -0.25) is 9.78 Å². The van der Waals surface area contributed by atoms with E-state index in [9.17, 15) is 9.90 Å². The smallest absolute Gasteiger partial charge is 0.228 e. The maximum atomic E-state index is 12.0. The SMILES string of the molecule is CC(C)(C)c1ccc(O)c(NC(=O)Cc2cccnc2)c1. The summed E-state index contributed by atoms with van der Waals surface area (Å²) in [5, 5.41) is 12.6. The van der Waals surface area contributed by atoms with Crippen LogP contribution in [0.1, 0.15) is 31.9 Å². The van der Waals surface area contributed by atoms with Gasteiger partial charge in [0.25, 0.3) is 0 Å². The summed E-state index contributed by atoms with van der Waals surface area (Å²) < 4.78 is 0. The predicted molar refractivity (Wildman–Crippen MR) is 83.4 cm³/mol. The number of hydrogen-bond donors (Lipinski definition) is 2. The second-order valence-corrected chi connectivity index (χ2v) is 6.07. The number of benzene rings is 1. The molecule has 4 nitrogen and oxygen atoms in total. The van der Waals surface area contributed by atoms with Gasteiger partial charge in [-0.2, -0.15) is 0 Å². The fraction of sp³-hybridized carbons (Fsp3) is 0.294. The molecule has 4 heteroatoms. The molecule has 0 radical (unpaired) electrons. The molecule has 0 spiro atoms. The molecule has 0 aliphatic rings. The lowest BCUT2D eigenvalue weighted by Gasteiger charge is -2.20. The van der Waals surface area contributed by atoms with Crippen LogP contribution >= 0.6 is 0 Å². The van der Waals surface area contributed by atoms with Gasteiger partial charge in [0, 0.05) is 12.4 Å². The number of aromatic hydroxyl groups is 1. The Hall–Kier alpha value is -2.36. The van der Waals surface area contributed by atoms with E-state index in [1.54, 1.807) is 24.5 Å². The van der Waals surface area contributed by atoms with Crippen molar-refractivity contribution in [1.29, 1.82) is 0 Å². The molecule has 1 amide bonds. The van der Waals surface area contributed by atoms with Crippen LogP contribution in [0.3, 0.4) is 0 Å². The first-order chi connectivity index (χ1) is 9.86.